The summed E-state index contributed by atoms with van der Waals surface area (Å²) in [5, 5.41) is 10.4. The van der Waals surface area contributed by atoms with Crippen LogP contribution in [0.15, 0.2) is 33.7 Å². The number of carbonyl (C=O) groups is 1. The Morgan fingerprint density at radius 2 is 1.96 bits per heavy atom. The zero-order valence-corrected chi connectivity index (χ0v) is 20.4. The van der Waals surface area contributed by atoms with Gasteiger partial charge in [-0.25, -0.2) is 9.98 Å². The summed E-state index contributed by atoms with van der Waals surface area (Å²) >= 11 is 5.04. The van der Waals surface area contributed by atoms with E-state index in [2.05, 4.69) is 41.9 Å². The third kappa shape index (κ3) is 8.14. The van der Waals surface area contributed by atoms with Crippen LogP contribution in [0, 0.1) is 13.8 Å². The number of nitrogens with one attached hydrogen (secondary N) is 3. The molecule has 0 atom stereocenters. The number of guanidine groups is 1. The van der Waals surface area contributed by atoms with Crippen LogP contribution in [0.4, 0.5) is 0 Å². The van der Waals surface area contributed by atoms with Gasteiger partial charge in [-0.05, 0) is 39.0 Å². The van der Waals surface area contributed by atoms with Gasteiger partial charge in [-0.2, -0.15) is 0 Å². The van der Waals surface area contributed by atoms with Crippen molar-refractivity contribution >= 4 is 63.1 Å². The molecule has 0 aliphatic heterocycles. The highest BCUT2D eigenvalue weighted by atomic mass is 127. The second-order valence-electron chi connectivity index (χ2n) is 5.63. The first-order chi connectivity index (χ1) is 12.5. The first-order valence-corrected chi connectivity index (χ1v) is 10.1. The van der Waals surface area contributed by atoms with E-state index in [0.29, 0.717) is 25.2 Å². The lowest BCUT2D eigenvalue weighted by Crippen LogP contribution is -2.41. The molecule has 1 aromatic carbocycles. The number of halogens is 2. The van der Waals surface area contributed by atoms with Gasteiger partial charge in [-0.15, -0.1) is 35.3 Å². The Labute approximate surface area is 189 Å². The average molecular weight is 566 g/mol. The van der Waals surface area contributed by atoms with Gasteiger partial charge in [-0.1, -0.05) is 22.0 Å². The molecule has 2 rings (SSSR count). The molecular formula is C18H25BrIN5OS. The van der Waals surface area contributed by atoms with Crippen molar-refractivity contribution in [3.8, 4) is 0 Å². The highest BCUT2D eigenvalue weighted by molar-refractivity contribution is 14.0. The molecule has 6 nitrogen and oxygen atoms in total. The van der Waals surface area contributed by atoms with E-state index >= 15 is 0 Å². The highest BCUT2D eigenvalue weighted by Gasteiger charge is 2.06. The molecule has 1 heterocycles. The molecule has 0 aliphatic carbocycles. The number of benzene rings is 1. The summed E-state index contributed by atoms with van der Waals surface area (Å²) in [4.78, 5) is 22.3. The number of thiazole rings is 1. The lowest BCUT2D eigenvalue weighted by Gasteiger charge is -2.12. The fourth-order valence-corrected chi connectivity index (χ4v) is 3.56. The van der Waals surface area contributed by atoms with E-state index in [1.54, 1.807) is 23.5 Å². The van der Waals surface area contributed by atoms with Gasteiger partial charge in [0.05, 0.1) is 17.2 Å². The van der Waals surface area contributed by atoms with E-state index in [4.69, 9.17) is 0 Å². The van der Waals surface area contributed by atoms with Gasteiger partial charge in [0.2, 0.25) is 0 Å². The van der Waals surface area contributed by atoms with Crippen molar-refractivity contribution in [2.75, 3.05) is 19.6 Å². The van der Waals surface area contributed by atoms with E-state index in [1.807, 2.05) is 32.9 Å². The van der Waals surface area contributed by atoms with E-state index < -0.39 is 0 Å². The molecule has 0 aliphatic rings. The molecule has 0 unspecified atom stereocenters. The minimum atomic E-state index is -0.0919. The van der Waals surface area contributed by atoms with Crippen molar-refractivity contribution in [2.24, 2.45) is 4.99 Å². The van der Waals surface area contributed by atoms with Crippen molar-refractivity contribution in [3.05, 3.63) is 49.9 Å². The van der Waals surface area contributed by atoms with Gasteiger partial charge < -0.3 is 16.0 Å². The average Bonchev–Trinajstić information content (AvgIpc) is 2.93. The Hall–Kier alpha value is -1.20. The van der Waals surface area contributed by atoms with Crippen LogP contribution in [0.5, 0.6) is 0 Å². The SMILES string of the molecule is CCNC(=NCc1sc(C)nc1C)NCCNC(=O)c1cccc(Br)c1.I. The summed E-state index contributed by atoms with van der Waals surface area (Å²) in [7, 11) is 0. The summed E-state index contributed by atoms with van der Waals surface area (Å²) < 4.78 is 0.887. The number of aromatic nitrogens is 1. The number of rotatable bonds is 7. The quantitative estimate of drug-likeness (QED) is 0.207. The molecule has 3 N–H and O–H groups in total. The zero-order chi connectivity index (χ0) is 18.9. The first kappa shape index (κ1) is 23.8. The van der Waals surface area contributed by atoms with Crippen LogP contribution < -0.4 is 16.0 Å². The number of amides is 1. The molecule has 0 radical (unpaired) electrons. The normalized spacial score (nSPS) is 10.9. The molecule has 0 saturated heterocycles. The predicted molar refractivity (Wildman–Crippen MR) is 126 cm³/mol. The number of hydrogen-bond donors (Lipinski definition) is 3. The minimum Gasteiger partial charge on any atom is -0.357 e. The maximum Gasteiger partial charge on any atom is 0.251 e. The van der Waals surface area contributed by atoms with Crippen LogP contribution in [-0.4, -0.2) is 36.5 Å². The number of nitrogens with zero attached hydrogens (tertiary/aromatic N) is 2. The lowest BCUT2D eigenvalue weighted by molar-refractivity contribution is 0.0954. The monoisotopic (exact) mass is 565 g/mol. The minimum absolute atomic E-state index is 0. The molecule has 0 spiro atoms. The Bertz CT molecular complexity index is 781. The molecule has 148 valence electrons. The largest absolute Gasteiger partial charge is 0.357 e. The van der Waals surface area contributed by atoms with Gasteiger partial charge in [0.1, 0.15) is 0 Å². The molecule has 0 saturated carbocycles. The van der Waals surface area contributed by atoms with Gasteiger partial charge in [0.25, 0.3) is 5.91 Å². The lowest BCUT2D eigenvalue weighted by atomic mass is 10.2. The van der Waals surface area contributed by atoms with Crippen LogP contribution in [0.1, 0.15) is 32.9 Å². The van der Waals surface area contributed by atoms with Crippen LogP contribution in [-0.2, 0) is 6.54 Å². The van der Waals surface area contributed by atoms with Gasteiger partial charge in [0, 0.05) is 34.5 Å². The molecule has 0 bridgehead atoms. The first-order valence-electron chi connectivity index (χ1n) is 8.48. The van der Waals surface area contributed by atoms with E-state index in [0.717, 1.165) is 27.7 Å². The van der Waals surface area contributed by atoms with E-state index in [1.165, 1.54) is 4.88 Å². The molecule has 1 aromatic heterocycles. The second kappa shape index (κ2) is 12.3. The third-order valence-electron chi connectivity index (χ3n) is 3.51. The Morgan fingerprint density at radius 3 is 2.59 bits per heavy atom. The Kier molecular flexibility index (Phi) is 10.9. The van der Waals surface area contributed by atoms with E-state index in [-0.39, 0.29) is 29.9 Å². The molecule has 2 aromatic rings. The van der Waals surface area contributed by atoms with Crippen LogP contribution in [0.2, 0.25) is 0 Å². The molecule has 27 heavy (non-hydrogen) atoms. The van der Waals surface area contributed by atoms with Gasteiger partial charge >= 0.3 is 0 Å². The number of aliphatic imine (C=N–C) groups is 1. The number of hydrogen-bond acceptors (Lipinski definition) is 4. The maximum atomic E-state index is 12.1. The number of aryl methyl sites for hydroxylation is 2. The fourth-order valence-electron chi connectivity index (χ4n) is 2.30. The standard InChI is InChI=1S/C18H24BrN5OS.HI/c1-4-20-18(23-11-16-12(2)24-13(3)26-16)22-9-8-21-17(25)14-6-5-7-15(19)10-14;/h5-7,10H,4,8-9,11H2,1-3H3,(H,21,25)(H2,20,22,23);1H. The second-order valence-corrected chi connectivity index (χ2v) is 7.83. The summed E-state index contributed by atoms with van der Waals surface area (Å²) in [6.45, 7) is 8.50. The Balaban J connectivity index is 0.00000364. The molecule has 0 fully saturated rings. The summed E-state index contributed by atoms with van der Waals surface area (Å²) in [6, 6.07) is 7.33. The van der Waals surface area contributed by atoms with Gasteiger partial charge in [-0.3, -0.25) is 4.79 Å². The third-order valence-corrected chi connectivity index (χ3v) is 5.07. The Morgan fingerprint density at radius 1 is 1.22 bits per heavy atom. The highest BCUT2D eigenvalue weighted by Crippen LogP contribution is 2.17. The fraction of sp³-hybridized carbons (Fsp3) is 0.389. The van der Waals surface area contributed by atoms with Crippen molar-refractivity contribution in [2.45, 2.75) is 27.3 Å². The maximum absolute atomic E-state index is 12.1. The smallest absolute Gasteiger partial charge is 0.251 e. The topological polar surface area (TPSA) is 78.4 Å². The summed E-state index contributed by atoms with van der Waals surface area (Å²) in [5.41, 5.74) is 1.67. The van der Waals surface area contributed by atoms with E-state index in [9.17, 15) is 4.79 Å². The van der Waals surface area contributed by atoms with Crippen LogP contribution in [0.3, 0.4) is 0 Å². The van der Waals surface area contributed by atoms with Crippen LogP contribution in [0.25, 0.3) is 0 Å². The summed E-state index contributed by atoms with van der Waals surface area (Å²) in [6.07, 6.45) is 0. The van der Waals surface area contributed by atoms with Crippen molar-refractivity contribution < 1.29 is 4.79 Å². The predicted octanol–water partition coefficient (Wildman–Crippen LogP) is 3.63. The van der Waals surface area contributed by atoms with Crippen molar-refractivity contribution in [3.63, 3.8) is 0 Å². The molecular weight excluding hydrogens is 541 g/mol. The van der Waals surface area contributed by atoms with Crippen molar-refractivity contribution in [1.82, 2.24) is 20.9 Å². The molecule has 1 amide bonds. The summed E-state index contributed by atoms with van der Waals surface area (Å²) in [5.74, 6) is 0.639. The van der Waals surface area contributed by atoms with Gasteiger partial charge in [0.15, 0.2) is 5.96 Å². The molecule has 9 heteroatoms. The van der Waals surface area contributed by atoms with Crippen molar-refractivity contribution in [1.29, 1.82) is 0 Å². The van der Waals surface area contributed by atoms with Crippen LogP contribution >= 0.6 is 51.2 Å². The number of carbonyl (C=O) groups excluding carboxylic acids is 1. The zero-order valence-electron chi connectivity index (χ0n) is 15.6.